The van der Waals surface area contributed by atoms with Crippen LogP contribution in [0.3, 0.4) is 0 Å². The molecule has 1 atom stereocenters. The van der Waals surface area contributed by atoms with Gasteiger partial charge in [-0.3, -0.25) is 0 Å². The monoisotopic (exact) mass is 300 g/mol. The van der Waals surface area contributed by atoms with E-state index in [9.17, 15) is 8.42 Å². The Morgan fingerprint density at radius 1 is 1.20 bits per heavy atom. The van der Waals surface area contributed by atoms with Crippen molar-refractivity contribution in [3.63, 3.8) is 0 Å². The summed E-state index contributed by atoms with van der Waals surface area (Å²) in [5.41, 5.74) is 1.18. The lowest BCUT2D eigenvalue weighted by molar-refractivity contribution is 0.340. The molecule has 0 aliphatic heterocycles. The molecule has 1 aromatic rings. The summed E-state index contributed by atoms with van der Waals surface area (Å²) >= 11 is 0. The Morgan fingerprint density at radius 3 is 2.40 bits per heavy atom. The average molecular weight is 300 g/mol. The van der Waals surface area contributed by atoms with E-state index in [1.165, 1.54) is 11.8 Å². The summed E-state index contributed by atoms with van der Waals surface area (Å²) in [6, 6.07) is 8.23. The van der Waals surface area contributed by atoms with Gasteiger partial charge in [0.2, 0.25) is 10.0 Å². The first-order chi connectivity index (χ1) is 9.42. The molecule has 0 fully saturated rings. The van der Waals surface area contributed by atoms with Crippen molar-refractivity contribution < 1.29 is 13.2 Å². The van der Waals surface area contributed by atoms with Crippen LogP contribution in [-0.2, 0) is 10.0 Å². The van der Waals surface area contributed by atoms with Gasteiger partial charge in [0.25, 0.3) is 0 Å². The van der Waals surface area contributed by atoms with Crippen LogP contribution in [0.15, 0.2) is 24.3 Å². The molecule has 114 valence electrons. The first-order valence-electron chi connectivity index (χ1n) is 6.83. The van der Waals surface area contributed by atoms with Gasteiger partial charge in [-0.2, -0.15) is 0 Å². The SMILES string of the molecule is CCOc1ccc(C(C)NCCCNS(C)(=O)=O)cc1. The van der Waals surface area contributed by atoms with E-state index in [0.717, 1.165) is 18.7 Å². The normalized spacial score (nSPS) is 13.2. The quantitative estimate of drug-likeness (QED) is 0.681. The summed E-state index contributed by atoms with van der Waals surface area (Å²) in [4.78, 5) is 0. The van der Waals surface area contributed by atoms with Gasteiger partial charge >= 0.3 is 0 Å². The van der Waals surface area contributed by atoms with Crippen molar-refractivity contribution in [2.45, 2.75) is 26.3 Å². The molecule has 0 spiro atoms. The lowest BCUT2D eigenvalue weighted by Gasteiger charge is -2.15. The second-order valence-electron chi connectivity index (χ2n) is 4.70. The van der Waals surface area contributed by atoms with Gasteiger partial charge in [-0.15, -0.1) is 0 Å². The van der Waals surface area contributed by atoms with Crippen LogP contribution in [0, 0.1) is 0 Å². The van der Waals surface area contributed by atoms with Crippen LogP contribution < -0.4 is 14.8 Å². The zero-order valence-electron chi connectivity index (χ0n) is 12.3. The van der Waals surface area contributed by atoms with Crippen LogP contribution in [0.2, 0.25) is 0 Å². The standard InChI is InChI=1S/C14H24N2O3S/c1-4-19-14-8-6-13(7-9-14)12(2)15-10-5-11-16-20(3,17)18/h6-9,12,15-16H,4-5,10-11H2,1-3H3. The maximum Gasteiger partial charge on any atom is 0.208 e. The van der Waals surface area contributed by atoms with Gasteiger partial charge in [-0.25, -0.2) is 13.1 Å². The van der Waals surface area contributed by atoms with Gasteiger partial charge in [0, 0.05) is 12.6 Å². The predicted molar refractivity (Wildman–Crippen MR) is 81.5 cm³/mol. The Bertz CT molecular complexity index is 486. The third-order valence-corrected chi connectivity index (χ3v) is 3.59. The lowest BCUT2D eigenvalue weighted by atomic mass is 10.1. The predicted octanol–water partition coefficient (Wildman–Crippen LogP) is 1.68. The number of nitrogens with one attached hydrogen (secondary N) is 2. The summed E-state index contributed by atoms with van der Waals surface area (Å²) in [7, 11) is -3.08. The molecule has 0 aromatic heterocycles. The molecular weight excluding hydrogens is 276 g/mol. The summed E-state index contributed by atoms with van der Waals surface area (Å²) in [5, 5.41) is 3.36. The smallest absolute Gasteiger partial charge is 0.208 e. The number of sulfonamides is 1. The van der Waals surface area contributed by atoms with Crippen LogP contribution in [0.5, 0.6) is 5.75 Å². The third-order valence-electron chi connectivity index (χ3n) is 2.86. The zero-order chi connectivity index (χ0) is 15.0. The first-order valence-corrected chi connectivity index (χ1v) is 8.72. The minimum atomic E-state index is -3.08. The van der Waals surface area contributed by atoms with Crippen LogP contribution in [-0.4, -0.2) is 34.4 Å². The number of benzene rings is 1. The van der Waals surface area contributed by atoms with Crippen molar-refractivity contribution in [2.24, 2.45) is 0 Å². The van der Waals surface area contributed by atoms with Crippen molar-refractivity contribution in [1.29, 1.82) is 0 Å². The van der Waals surface area contributed by atoms with Crippen LogP contribution in [0.25, 0.3) is 0 Å². The maximum absolute atomic E-state index is 10.9. The maximum atomic E-state index is 10.9. The van der Waals surface area contributed by atoms with Gasteiger partial charge in [-0.05, 0) is 44.5 Å². The fourth-order valence-corrected chi connectivity index (χ4v) is 2.32. The molecular formula is C14H24N2O3S. The van der Waals surface area contributed by atoms with Gasteiger partial charge in [0.15, 0.2) is 0 Å². The molecule has 0 amide bonds. The number of hydrogen-bond donors (Lipinski definition) is 2. The fourth-order valence-electron chi connectivity index (χ4n) is 1.80. The number of hydrogen-bond acceptors (Lipinski definition) is 4. The molecule has 0 saturated carbocycles. The van der Waals surface area contributed by atoms with Crippen molar-refractivity contribution in [1.82, 2.24) is 10.0 Å². The molecule has 1 aromatic carbocycles. The summed E-state index contributed by atoms with van der Waals surface area (Å²) in [5.74, 6) is 0.876. The van der Waals surface area contributed by atoms with Gasteiger partial charge in [0.05, 0.1) is 12.9 Å². The van der Waals surface area contributed by atoms with Crippen molar-refractivity contribution in [3.8, 4) is 5.75 Å². The molecule has 0 radical (unpaired) electrons. The van der Waals surface area contributed by atoms with E-state index in [2.05, 4.69) is 17.0 Å². The van der Waals surface area contributed by atoms with Crippen LogP contribution in [0.1, 0.15) is 31.9 Å². The molecule has 6 heteroatoms. The molecule has 0 saturated heterocycles. The van der Waals surface area contributed by atoms with Crippen molar-refractivity contribution in [3.05, 3.63) is 29.8 Å². The van der Waals surface area contributed by atoms with E-state index in [1.54, 1.807) is 0 Å². The molecule has 5 nitrogen and oxygen atoms in total. The van der Waals surface area contributed by atoms with Crippen LogP contribution in [0.4, 0.5) is 0 Å². The number of ether oxygens (including phenoxy) is 1. The molecule has 1 rings (SSSR count). The summed E-state index contributed by atoms with van der Waals surface area (Å²) in [6.07, 6.45) is 1.93. The third kappa shape index (κ3) is 6.88. The van der Waals surface area contributed by atoms with E-state index in [4.69, 9.17) is 4.74 Å². The van der Waals surface area contributed by atoms with E-state index >= 15 is 0 Å². The molecule has 0 aliphatic rings. The van der Waals surface area contributed by atoms with E-state index in [1.807, 2.05) is 31.2 Å². The van der Waals surface area contributed by atoms with Crippen molar-refractivity contribution in [2.75, 3.05) is 26.0 Å². The second-order valence-corrected chi connectivity index (χ2v) is 6.53. The summed E-state index contributed by atoms with van der Waals surface area (Å²) in [6.45, 7) is 5.93. The van der Waals surface area contributed by atoms with Gasteiger partial charge < -0.3 is 10.1 Å². The first kappa shape index (κ1) is 16.9. The molecule has 0 aliphatic carbocycles. The lowest BCUT2D eigenvalue weighted by Crippen LogP contribution is -2.27. The molecule has 2 N–H and O–H groups in total. The molecule has 0 bridgehead atoms. The van der Waals surface area contributed by atoms with E-state index in [0.29, 0.717) is 13.2 Å². The molecule has 20 heavy (non-hydrogen) atoms. The van der Waals surface area contributed by atoms with Crippen molar-refractivity contribution >= 4 is 10.0 Å². The zero-order valence-corrected chi connectivity index (χ0v) is 13.2. The Balaban J connectivity index is 2.30. The highest BCUT2D eigenvalue weighted by Crippen LogP contribution is 2.17. The minimum absolute atomic E-state index is 0.226. The highest BCUT2D eigenvalue weighted by atomic mass is 32.2. The highest BCUT2D eigenvalue weighted by Gasteiger charge is 2.05. The topological polar surface area (TPSA) is 67.4 Å². The number of rotatable bonds is 9. The minimum Gasteiger partial charge on any atom is -0.494 e. The summed E-state index contributed by atoms with van der Waals surface area (Å²) < 4.78 is 29.7. The van der Waals surface area contributed by atoms with E-state index < -0.39 is 10.0 Å². The highest BCUT2D eigenvalue weighted by molar-refractivity contribution is 7.88. The van der Waals surface area contributed by atoms with E-state index in [-0.39, 0.29) is 6.04 Å². The largest absolute Gasteiger partial charge is 0.494 e. The Hall–Kier alpha value is -1.11. The molecule has 1 unspecified atom stereocenters. The Kier molecular flexibility index (Phi) is 6.98. The Labute approximate surface area is 121 Å². The van der Waals surface area contributed by atoms with Gasteiger partial charge in [-0.1, -0.05) is 12.1 Å². The van der Waals surface area contributed by atoms with Crippen LogP contribution >= 0.6 is 0 Å². The average Bonchev–Trinajstić information content (AvgIpc) is 2.38. The second kappa shape index (κ2) is 8.24. The molecule has 0 heterocycles. The Morgan fingerprint density at radius 2 is 1.85 bits per heavy atom. The van der Waals surface area contributed by atoms with Gasteiger partial charge in [0.1, 0.15) is 5.75 Å². The fraction of sp³-hybridized carbons (Fsp3) is 0.571.